The van der Waals surface area contributed by atoms with Crippen molar-refractivity contribution in [3.63, 3.8) is 0 Å². The van der Waals surface area contributed by atoms with Crippen LogP contribution in [0.15, 0.2) is 18.2 Å². The molecule has 0 aliphatic carbocycles. The molecule has 5 nitrogen and oxygen atoms in total. The normalized spacial score (nSPS) is 9.59. The number of nitrogens with zero attached hydrogens (tertiary/aromatic N) is 2. The summed E-state index contributed by atoms with van der Waals surface area (Å²) in [6, 6.07) is 1.91. The molecule has 0 unspecified atom stereocenters. The van der Waals surface area contributed by atoms with Gasteiger partial charge in [0.2, 0.25) is 5.95 Å². The Hall–Kier alpha value is -1.69. The standard InChI is InChI=1S/C11H17N5S/c1-7(2)6-12-11(17)16-15-10-13-8(3)5-9(4)14-10/h5H,1,6H2,2-4H3,(H2,12,16,17)(H,13,14,15). The number of aromatic nitrogens is 2. The van der Waals surface area contributed by atoms with E-state index in [1.54, 1.807) is 0 Å². The SMILES string of the molecule is C=C(C)CNC(=S)NNc1nc(C)cc(C)n1. The lowest BCUT2D eigenvalue weighted by molar-refractivity contribution is 0.922. The minimum Gasteiger partial charge on any atom is -0.358 e. The minimum absolute atomic E-state index is 0.482. The quantitative estimate of drug-likeness (QED) is 0.428. The first-order chi connectivity index (χ1) is 7.97. The molecular weight excluding hydrogens is 234 g/mol. The third-order valence-electron chi connectivity index (χ3n) is 1.82. The molecule has 0 fully saturated rings. The van der Waals surface area contributed by atoms with Crippen molar-refractivity contribution >= 4 is 23.3 Å². The first-order valence-corrected chi connectivity index (χ1v) is 5.64. The number of hydrogen-bond acceptors (Lipinski definition) is 4. The van der Waals surface area contributed by atoms with Crippen LogP contribution in [0.2, 0.25) is 0 Å². The summed E-state index contributed by atoms with van der Waals surface area (Å²) in [6.07, 6.45) is 0. The molecule has 0 saturated carbocycles. The lowest BCUT2D eigenvalue weighted by Gasteiger charge is -2.11. The van der Waals surface area contributed by atoms with Crippen molar-refractivity contribution in [1.82, 2.24) is 20.7 Å². The maximum absolute atomic E-state index is 5.06. The molecule has 1 aromatic heterocycles. The van der Waals surface area contributed by atoms with E-state index >= 15 is 0 Å². The van der Waals surface area contributed by atoms with E-state index in [9.17, 15) is 0 Å². The Morgan fingerprint density at radius 1 is 1.35 bits per heavy atom. The monoisotopic (exact) mass is 251 g/mol. The Morgan fingerprint density at radius 2 is 1.94 bits per heavy atom. The molecule has 1 rings (SSSR count). The van der Waals surface area contributed by atoms with Crippen molar-refractivity contribution in [2.24, 2.45) is 0 Å². The summed E-state index contributed by atoms with van der Waals surface area (Å²) in [5, 5.41) is 3.47. The summed E-state index contributed by atoms with van der Waals surface area (Å²) in [7, 11) is 0. The van der Waals surface area contributed by atoms with E-state index in [0.29, 0.717) is 17.6 Å². The van der Waals surface area contributed by atoms with Gasteiger partial charge in [-0.1, -0.05) is 12.2 Å². The Bertz CT molecular complexity index is 410. The molecule has 0 aliphatic rings. The van der Waals surface area contributed by atoms with Gasteiger partial charge in [-0.05, 0) is 39.1 Å². The molecule has 6 heteroatoms. The van der Waals surface area contributed by atoms with Gasteiger partial charge in [0.05, 0.1) is 0 Å². The van der Waals surface area contributed by atoms with Crippen LogP contribution in [0.5, 0.6) is 0 Å². The molecule has 0 spiro atoms. The molecule has 0 atom stereocenters. The number of rotatable bonds is 4. The number of hydrogen-bond donors (Lipinski definition) is 3. The van der Waals surface area contributed by atoms with E-state index in [0.717, 1.165) is 17.0 Å². The Kier molecular flexibility index (Phi) is 4.84. The number of aryl methyl sites for hydroxylation is 2. The number of hydrazine groups is 1. The molecule has 0 radical (unpaired) electrons. The summed E-state index contributed by atoms with van der Waals surface area (Å²) in [6.45, 7) is 10.2. The highest BCUT2D eigenvalue weighted by atomic mass is 32.1. The van der Waals surface area contributed by atoms with Crippen LogP contribution < -0.4 is 16.2 Å². The van der Waals surface area contributed by atoms with E-state index in [-0.39, 0.29) is 0 Å². The Balaban J connectivity index is 2.44. The van der Waals surface area contributed by atoms with Gasteiger partial charge in [0, 0.05) is 17.9 Å². The van der Waals surface area contributed by atoms with Gasteiger partial charge in [-0.2, -0.15) is 0 Å². The second kappa shape index (κ2) is 6.15. The van der Waals surface area contributed by atoms with Crippen molar-refractivity contribution in [3.05, 3.63) is 29.6 Å². The van der Waals surface area contributed by atoms with Crippen LogP contribution in [0.3, 0.4) is 0 Å². The fourth-order valence-electron chi connectivity index (χ4n) is 1.17. The third kappa shape index (κ3) is 5.26. The van der Waals surface area contributed by atoms with E-state index in [1.807, 2.05) is 26.8 Å². The molecule has 92 valence electrons. The highest BCUT2D eigenvalue weighted by molar-refractivity contribution is 7.80. The number of anilines is 1. The van der Waals surface area contributed by atoms with Crippen LogP contribution in [0.1, 0.15) is 18.3 Å². The zero-order valence-corrected chi connectivity index (χ0v) is 11.1. The minimum atomic E-state index is 0.482. The lowest BCUT2D eigenvalue weighted by atomic mass is 10.3. The Labute approximate surface area is 107 Å². The third-order valence-corrected chi connectivity index (χ3v) is 2.07. The summed E-state index contributed by atoms with van der Waals surface area (Å²) < 4.78 is 0. The van der Waals surface area contributed by atoms with Crippen molar-refractivity contribution in [2.45, 2.75) is 20.8 Å². The van der Waals surface area contributed by atoms with Crippen LogP contribution in [-0.2, 0) is 0 Å². The molecule has 1 aromatic rings. The number of thiocarbonyl (C=S) groups is 1. The molecule has 0 amide bonds. The highest BCUT2D eigenvalue weighted by Crippen LogP contribution is 2.01. The van der Waals surface area contributed by atoms with Gasteiger partial charge in [0.25, 0.3) is 0 Å². The second-order valence-electron chi connectivity index (χ2n) is 3.86. The van der Waals surface area contributed by atoms with E-state index in [1.165, 1.54) is 0 Å². The average molecular weight is 251 g/mol. The second-order valence-corrected chi connectivity index (χ2v) is 4.27. The smallest absolute Gasteiger partial charge is 0.242 e. The molecule has 17 heavy (non-hydrogen) atoms. The van der Waals surface area contributed by atoms with Crippen molar-refractivity contribution < 1.29 is 0 Å². The molecule has 3 N–H and O–H groups in total. The molecule has 0 aromatic carbocycles. The molecule has 0 aliphatic heterocycles. The summed E-state index contributed by atoms with van der Waals surface area (Å²) >= 11 is 5.06. The van der Waals surface area contributed by atoms with E-state index < -0.39 is 0 Å². The molecule has 0 bridgehead atoms. The van der Waals surface area contributed by atoms with Crippen molar-refractivity contribution in [1.29, 1.82) is 0 Å². The van der Waals surface area contributed by atoms with Gasteiger partial charge in [-0.15, -0.1) is 0 Å². The summed E-state index contributed by atoms with van der Waals surface area (Å²) in [5.74, 6) is 0.502. The van der Waals surface area contributed by atoms with Gasteiger partial charge in [-0.3, -0.25) is 10.9 Å². The zero-order chi connectivity index (χ0) is 12.8. The number of nitrogens with one attached hydrogen (secondary N) is 3. The van der Waals surface area contributed by atoms with Gasteiger partial charge < -0.3 is 5.32 Å². The maximum atomic E-state index is 5.06. The molecule has 1 heterocycles. The van der Waals surface area contributed by atoms with E-state index in [4.69, 9.17) is 12.2 Å². The predicted molar refractivity (Wildman–Crippen MR) is 73.7 cm³/mol. The summed E-state index contributed by atoms with van der Waals surface area (Å²) in [4.78, 5) is 8.42. The molecular formula is C11H17N5S. The maximum Gasteiger partial charge on any atom is 0.242 e. The van der Waals surface area contributed by atoms with Crippen molar-refractivity contribution in [2.75, 3.05) is 12.0 Å². The first-order valence-electron chi connectivity index (χ1n) is 5.24. The van der Waals surface area contributed by atoms with Gasteiger partial charge in [0.15, 0.2) is 5.11 Å². The van der Waals surface area contributed by atoms with Gasteiger partial charge in [-0.25, -0.2) is 9.97 Å². The largest absolute Gasteiger partial charge is 0.358 e. The zero-order valence-electron chi connectivity index (χ0n) is 10.3. The first kappa shape index (κ1) is 13.4. The highest BCUT2D eigenvalue weighted by Gasteiger charge is 1.99. The fourth-order valence-corrected chi connectivity index (χ4v) is 1.29. The van der Waals surface area contributed by atoms with Gasteiger partial charge in [0.1, 0.15) is 0 Å². The fraction of sp³-hybridized carbons (Fsp3) is 0.364. The van der Waals surface area contributed by atoms with Crippen LogP contribution in [-0.4, -0.2) is 21.6 Å². The van der Waals surface area contributed by atoms with Crippen LogP contribution in [0.4, 0.5) is 5.95 Å². The topological polar surface area (TPSA) is 61.9 Å². The predicted octanol–water partition coefficient (Wildman–Crippen LogP) is 1.46. The average Bonchev–Trinajstić information content (AvgIpc) is 2.22. The van der Waals surface area contributed by atoms with Crippen LogP contribution in [0, 0.1) is 13.8 Å². The van der Waals surface area contributed by atoms with Gasteiger partial charge >= 0.3 is 0 Å². The Morgan fingerprint density at radius 3 is 2.47 bits per heavy atom. The van der Waals surface area contributed by atoms with Crippen LogP contribution >= 0.6 is 12.2 Å². The molecule has 0 saturated heterocycles. The summed E-state index contributed by atoms with van der Waals surface area (Å²) in [5.41, 5.74) is 8.48. The van der Waals surface area contributed by atoms with E-state index in [2.05, 4.69) is 32.7 Å². The van der Waals surface area contributed by atoms with Crippen molar-refractivity contribution in [3.8, 4) is 0 Å². The van der Waals surface area contributed by atoms with Crippen LogP contribution in [0.25, 0.3) is 0 Å². The lowest BCUT2D eigenvalue weighted by Crippen LogP contribution is -2.39.